The second kappa shape index (κ2) is 7.04. The molecule has 1 heterocycles. The normalized spacial score (nSPS) is 11.1. The van der Waals surface area contributed by atoms with Crippen molar-refractivity contribution in [2.24, 2.45) is 0 Å². The van der Waals surface area contributed by atoms with Crippen LogP contribution in [0.1, 0.15) is 10.4 Å². The average molecular weight is 374 g/mol. The molecule has 3 rings (SSSR count). The lowest BCUT2D eigenvalue weighted by Crippen LogP contribution is -2.17. The number of carbonyl (C=O) groups is 1. The molecule has 0 saturated heterocycles. The third-order valence-electron chi connectivity index (χ3n) is 3.38. The molecule has 0 fully saturated rings. The molecule has 0 aliphatic heterocycles. The SMILES string of the molecule is COC(=O)c1ccccc1S(=O)(=O)Nc1nc(-c2ccccc2)cs1. The number of methoxy groups -OCH3 is 1. The third-order valence-corrected chi connectivity index (χ3v) is 5.66. The highest BCUT2D eigenvalue weighted by Crippen LogP contribution is 2.27. The monoisotopic (exact) mass is 374 g/mol. The lowest BCUT2D eigenvalue weighted by Gasteiger charge is -2.09. The summed E-state index contributed by atoms with van der Waals surface area (Å²) in [7, 11) is -2.77. The van der Waals surface area contributed by atoms with E-state index in [-0.39, 0.29) is 15.6 Å². The van der Waals surface area contributed by atoms with Crippen LogP contribution in [0.25, 0.3) is 11.3 Å². The van der Waals surface area contributed by atoms with Crippen LogP contribution in [0.5, 0.6) is 0 Å². The average Bonchev–Trinajstić information content (AvgIpc) is 3.09. The molecule has 0 atom stereocenters. The first-order valence-electron chi connectivity index (χ1n) is 7.22. The van der Waals surface area contributed by atoms with Gasteiger partial charge in [0.25, 0.3) is 10.0 Å². The minimum absolute atomic E-state index is 0.0302. The minimum atomic E-state index is -3.97. The standard InChI is InChI=1S/C17H14N2O4S2/c1-23-16(20)13-9-5-6-10-15(13)25(21,22)19-17-18-14(11-24-17)12-7-3-2-4-8-12/h2-11H,1H3,(H,18,19). The fourth-order valence-electron chi connectivity index (χ4n) is 2.21. The Morgan fingerprint density at radius 2 is 1.76 bits per heavy atom. The first-order chi connectivity index (χ1) is 12.0. The molecule has 1 aromatic heterocycles. The second-order valence-electron chi connectivity index (χ2n) is 5.00. The van der Waals surface area contributed by atoms with Crippen LogP contribution in [0, 0.1) is 0 Å². The Kier molecular flexibility index (Phi) is 4.82. The Labute approximate surface area is 149 Å². The molecule has 0 bridgehead atoms. The molecule has 0 radical (unpaired) electrons. The Balaban J connectivity index is 1.91. The van der Waals surface area contributed by atoms with Gasteiger partial charge in [0, 0.05) is 10.9 Å². The number of nitrogens with one attached hydrogen (secondary N) is 1. The van der Waals surface area contributed by atoms with Crippen molar-refractivity contribution in [3.05, 3.63) is 65.5 Å². The van der Waals surface area contributed by atoms with Crippen molar-refractivity contribution in [1.82, 2.24) is 4.98 Å². The van der Waals surface area contributed by atoms with Gasteiger partial charge >= 0.3 is 5.97 Å². The lowest BCUT2D eigenvalue weighted by molar-refractivity contribution is 0.0596. The van der Waals surface area contributed by atoms with E-state index >= 15 is 0 Å². The number of hydrogen-bond acceptors (Lipinski definition) is 6. The van der Waals surface area contributed by atoms with Crippen molar-refractivity contribution in [3.63, 3.8) is 0 Å². The zero-order chi connectivity index (χ0) is 17.9. The fourth-order valence-corrected chi connectivity index (χ4v) is 4.38. The summed E-state index contributed by atoms with van der Waals surface area (Å²) >= 11 is 1.17. The zero-order valence-electron chi connectivity index (χ0n) is 13.2. The first-order valence-corrected chi connectivity index (χ1v) is 9.58. The van der Waals surface area contributed by atoms with Gasteiger partial charge in [-0.05, 0) is 12.1 Å². The van der Waals surface area contributed by atoms with E-state index in [0.717, 1.165) is 5.56 Å². The first kappa shape index (κ1) is 17.1. The molecule has 128 valence electrons. The molecular formula is C17H14N2O4S2. The molecule has 0 unspecified atom stereocenters. The maximum atomic E-state index is 12.6. The number of rotatable bonds is 5. The number of hydrogen-bond donors (Lipinski definition) is 1. The van der Waals surface area contributed by atoms with E-state index in [1.165, 1.54) is 36.6 Å². The van der Waals surface area contributed by atoms with Crippen molar-refractivity contribution < 1.29 is 17.9 Å². The van der Waals surface area contributed by atoms with Gasteiger partial charge in [-0.2, -0.15) is 0 Å². The van der Waals surface area contributed by atoms with E-state index in [9.17, 15) is 13.2 Å². The van der Waals surface area contributed by atoms with Gasteiger partial charge in [-0.1, -0.05) is 42.5 Å². The predicted molar refractivity (Wildman–Crippen MR) is 96.1 cm³/mol. The van der Waals surface area contributed by atoms with Gasteiger partial charge in [0.2, 0.25) is 0 Å². The number of carbonyl (C=O) groups excluding carboxylic acids is 1. The van der Waals surface area contributed by atoms with Crippen LogP contribution in [0.4, 0.5) is 5.13 Å². The van der Waals surface area contributed by atoms with Gasteiger partial charge in [-0.25, -0.2) is 18.2 Å². The van der Waals surface area contributed by atoms with Gasteiger partial charge in [0.15, 0.2) is 5.13 Å². The number of benzene rings is 2. The largest absolute Gasteiger partial charge is 0.465 e. The Bertz CT molecular complexity index is 998. The number of thiazole rings is 1. The molecule has 0 spiro atoms. The number of anilines is 1. The second-order valence-corrected chi connectivity index (χ2v) is 7.51. The van der Waals surface area contributed by atoms with Crippen LogP contribution >= 0.6 is 11.3 Å². The Morgan fingerprint density at radius 1 is 1.08 bits per heavy atom. The molecular weight excluding hydrogens is 360 g/mol. The molecule has 0 amide bonds. The Morgan fingerprint density at radius 3 is 2.48 bits per heavy atom. The van der Waals surface area contributed by atoms with Crippen molar-refractivity contribution >= 4 is 32.5 Å². The summed E-state index contributed by atoms with van der Waals surface area (Å²) in [4.78, 5) is 15.9. The summed E-state index contributed by atoms with van der Waals surface area (Å²) in [6.45, 7) is 0. The topological polar surface area (TPSA) is 85.4 Å². The summed E-state index contributed by atoms with van der Waals surface area (Å²) < 4.78 is 32.3. The highest BCUT2D eigenvalue weighted by molar-refractivity contribution is 7.93. The molecule has 0 aliphatic carbocycles. The number of ether oxygens (including phenoxy) is 1. The van der Waals surface area contributed by atoms with E-state index in [1.54, 1.807) is 11.4 Å². The minimum Gasteiger partial charge on any atom is -0.465 e. The molecule has 25 heavy (non-hydrogen) atoms. The third kappa shape index (κ3) is 3.70. The van der Waals surface area contributed by atoms with Gasteiger partial charge < -0.3 is 4.74 Å². The molecule has 2 aromatic carbocycles. The van der Waals surface area contributed by atoms with Crippen molar-refractivity contribution in [2.45, 2.75) is 4.90 Å². The molecule has 0 aliphatic rings. The quantitative estimate of drug-likeness (QED) is 0.692. The van der Waals surface area contributed by atoms with Gasteiger partial charge in [-0.3, -0.25) is 4.72 Å². The number of nitrogens with zero attached hydrogens (tertiary/aromatic N) is 1. The summed E-state index contributed by atoms with van der Waals surface area (Å²) in [5.74, 6) is -0.718. The van der Waals surface area contributed by atoms with Crippen LogP contribution in [0.3, 0.4) is 0 Å². The highest BCUT2D eigenvalue weighted by atomic mass is 32.2. The van der Waals surface area contributed by atoms with Crippen LogP contribution in [-0.4, -0.2) is 26.5 Å². The van der Waals surface area contributed by atoms with E-state index in [1.807, 2.05) is 30.3 Å². The molecule has 6 nitrogen and oxygen atoms in total. The van der Waals surface area contributed by atoms with E-state index in [0.29, 0.717) is 5.69 Å². The molecule has 1 N–H and O–H groups in total. The van der Waals surface area contributed by atoms with Gasteiger partial charge in [0.1, 0.15) is 4.90 Å². The van der Waals surface area contributed by atoms with Crippen LogP contribution in [-0.2, 0) is 14.8 Å². The molecule has 0 saturated carbocycles. The van der Waals surface area contributed by atoms with Crippen LogP contribution in [0.2, 0.25) is 0 Å². The number of sulfonamides is 1. The number of aromatic nitrogens is 1. The molecule has 8 heteroatoms. The molecule has 3 aromatic rings. The number of esters is 1. The van der Waals surface area contributed by atoms with Crippen molar-refractivity contribution in [2.75, 3.05) is 11.8 Å². The maximum absolute atomic E-state index is 12.6. The van der Waals surface area contributed by atoms with Crippen LogP contribution in [0.15, 0.2) is 64.9 Å². The fraction of sp³-hybridized carbons (Fsp3) is 0.0588. The predicted octanol–water partition coefficient (Wildman–Crippen LogP) is 3.40. The van der Waals surface area contributed by atoms with Crippen molar-refractivity contribution in [3.8, 4) is 11.3 Å². The Hall–Kier alpha value is -2.71. The summed E-state index contributed by atoms with van der Waals surface area (Å²) in [6, 6.07) is 15.3. The summed E-state index contributed by atoms with van der Waals surface area (Å²) in [6.07, 6.45) is 0. The van der Waals surface area contributed by atoms with Gasteiger partial charge in [-0.15, -0.1) is 11.3 Å². The lowest BCUT2D eigenvalue weighted by atomic mass is 10.2. The summed E-state index contributed by atoms with van der Waals surface area (Å²) in [5.41, 5.74) is 1.53. The highest BCUT2D eigenvalue weighted by Gasteiger charge is 2.23. The maximum Gasteiger partial charge on any atom is 0.339 e. The van der Waals surface area contributed by atoms with Gasteiger partial charge in [0.05, 0.1) is 18.4 Å². The zero-order valence-corrected chi connectivity index (χ0v) is 14.8. The van der Waals surface area contributed by atoms with E-state index < -0.39 is 16.0 Å². The summed E-state index contributed by atoms with van der Waals surface area (Å²) in [5, 5.41) is 1.98. The van der Waals surface area contributed by atoms with E-state index in [2.05, 4.69) is 14.4 Å². The van der Waals surface area contributed by atoms with Crippen molar-refractivity contribution in [1.29, 1.82) is 0 Å². The van der Waals surface area contributed by atoms with E-state index in [4.69, 9.17) is 0 Å². The van der Waals surface area contributed by atoms with Crippen LogP contribution < -0.4 is 4.72 Å². The smallest absolute Gasteiger partial charge is 0.339 e.